The second-order valence-electron chi connectivity index (χ2n) is 16.2. The minimum atomic E-state index is -5.70. The van der Waals surface area contributed by atoms with Crippen molar-refractivity contribution >= 4 is 106 Å². The lowest BCUT2D eigenvalue weighted by Crippen LogP contribution is -2.41. The van der Waals surface area contributed by atoms with Gasteiger partial charge in [-0.05, 0) is 54.1 Å². The molecule has 3 aliphatic rings. The van der Waals surface area contributed by atoms with Crippen molar-refractivity contribution in [2.45, 2.75) is 47.2 Å². The van der Waals surface area contributed by atoms with Crippen molar-refractivity contribution in [1.82, 2.24) is 35.1 Å². The largest absolute Gasteiger partial charge is 0.488 e. The fourth-order valence-electron chi connectivity index (χ4n) is 7.82. The van der Waals surface area contributed by atoms with Crippen molar-refractivity contribution in [3.63, 3.8) is 0 Å². The zero-order chi connectivity index (χ0) is 55.9. The number of nitrogens with two attached hydrogens (primary N) is 2. The van der Waals surface area contributed by atoms with Crippen LogP contribution in [0.5, 0.6) is 0 Å². The molecule has 1 saturated heterocycles. The summed E-state index contributed by atoms with van der Waals surface area (Å²) in [7, 11) is -20.3. The minimum absolute atomic E-state index is 0.00235. The molecule has 1 fully saturated rings. The molecule has 7 rings (SSSR count). The summed E-state index contributed by atoms with van der Waals surface area (Å²) in [5.41, 5.74) is 10.7. The molecule has 32 nitrogen and oxygen atoms in total. The van der Waals surface area contributed by atoms with Crippen molar-refractivity contribution in [2.75, 3.05) is 44.8 Å². The molecule has 4 aromatic rings. The number of fused-ring (bicyclic) bond motifs is 3. The van der Waals surface area contributed by atoms with Crippen molar-refractivity contribution in [3.05, 3.63) is 72.1 Å². The molecule has 0 saturated carbocycles. The van der Waals surface area contributed by atoms with Gasteiger partial charge in [-0.25, -0.2) is 33.2 Å². The number of hydrogen-bond donors (Lipinski definition) is 12. The first kappa shape index (κ1) is 57.8. The van der Waals surface area contributed by atoms with Crippen LogP contribution in [0.4, 0.5) is 16.3 Å². The van der Waals surface area contributed by atoms with E-state index in [-0.39, 0.29) is 77.1 Å². The Bertz CT molecular complexity index is 3690. The Labute approximate surface area is 432 Å². The molecule has 2 unspecified atom stereocenters. The Morgan fingerprint density at radius 2 is 1.59 bits per heavy atom. The van der Waals surface area contributed by atoms with E-state index in [1.54, 1.807) is 0 Å². The van der Waals surface area contributed by atoms with Crippen LogP contribution in [-0.2, 0) is 68.6 Å². The number of nitrogens with zero attached hydrogens (tertiary/aromatic N) is 5. The lowest BCUT2D eigenvalue weighted by atomic mass is 9.90. The summed E-state index contributed by atoms with van der Waals surface area (Å²) >= 11 is 4.06. The van der Waals surface area contributed by atoms with Gasteiger partial charge in [0, 0.05) is 55.2 Å². The molecule has 76 heavy (non-hydrogen) atoms. The number of carbonyl (C=O) groups is 3. The Hall–Kier alpha value is -5.94. The molecule has 0 bridgehead atoms. The Morgan fingerprint density at radius 3 is 2.28 bits per heavy atom. The van der Waals surface area contributed by atoms with E-state index in [0.717, 1.165) is 24.8 Å². The normalized spacial score (nSPS) is 18.8. The maximum absolute atomic E-state index is 14.1. The summed E-state index contributed by atoms with van der Waals surface area (Å²) in [5.74, 6) is -1.91. The third kappa shape index (κ3) is 13.1. The number of phosphoric acid groups is 2. The average molecular weight is 1180 g/mol. The lowest BCUT2D eigenvalue weighted by Gasteiger charge is -2.22. The van der Waals surface area contributed by atoms with E-state index in [2.05, 4.69) is 50.5 Å². The van der Waals surface area contributed by atoms with Crippen molar-refractivity contribution < 1.29 is 101 Å². The predicted octanol–water partition coefficient (Wildman–Crippen LogP) is 0.963. The van der Waals surface area contributed by atoms with Gasteiger partial charge in [0.15, 0.2) is 44.9 Å². The van der Waals surface area contributed by atoms with Gasteiger partial charge in [-0.2, -0.15) is 21.1 Å². The number of imidazole rings is 1. The van der Waals surface area contributed by atoms with Crippen LogP contribution in [0.15, 0.2) is 75.4 Å². The number of hydrogen-bond acceptors (Lipinski definition) is 23. The summed E-state index contributed by atoms with van der Waals surface area (Å²) < 4.78 is 126. The van der Waals surface area contributed by atoms with Gasteiger partial charge >= 0.3 is 28.5 Å². The third-order valence-electron chi connectivity index (χ3n) is 10.9. The Morgan fingerprint density at radius 1 is 0.908 bits per heavy atom. The number of ether oxygens (including phenoxy) is 2. The maximum Gasteiger partial charge on any atom is 0.488 e. The van der Waals surface area contributed by atoms with E-state index in [1.165, 1.54) is 52.9 Å². The van der Waals surface area contributed by atoms with Crippen LogP contribution in [0.25, 0.3) is 44.6 Å². The number of rotatable bonds is 20. The molecule has 4 heterocycles. The maximum atomic E-state index is 14.1. The van der Waals surface area contributed by atoms with E-state index >= 15 is 0 Å². The van der Waals surface area contributed by atoms with Crippen LogP contribution >= 0.6 is 22.4 Å². The smallest absolute Gasteiger partial charge is 0.453 e. The van der Waals surface area contributed by atoms with Crippen LogP contribution in [0.2, 0.25) is 0 Å². The van der Waals surface area contributed by atoms with Gasteiger partial charge in [-0.3, -0.25) is 33.2 Å². The highest BCUT2D eigenvalue weighted by Gasteiger charge is 2.50. The first-order valence-electron chi connectivity index (χ1n) is 21.3. The van der Waals surface area contributed by atoms with Gasteiger partial charge in [0.1, 0.15) is 24.1 Å². The average Bonchev–Trinajstić information content (AvgIpc) is 3.87. The first-order valence-corrected chi connectivity index (χ1v) is 29.8. The monoisotopic (exact) mass is 1180 g/mol. The quantitative estimate of drug-likeness (QED) is 0.0166. The summed E-state index contributed by atoms with van der Waals surface area (Å²) in [4.78, 5) is 89.2. The highest BCUT2D eigenvalue weighted by molar-refractivity contribution is 8.08. The summed E-state index contributed by atoms with van der Waals surface area (Å²) in [6.07, 6.45) is -5.80. The standard InChI is InChI=1S/C38H43N10O22P3S3/c1-47(36(51)19-6-3-2-5-18(19)26-20-8-10-22(39)32(75(59,60)61)29(20)67-30-21(26)9-11-23(40)33(30)76(62,63)64)14-4-7-25(49)42-12-13-43-38(52)68-31-28(50)24(15-65-71(53,54)69-72(55,56)70-73(57,58)74)66-37(31)48-17-46-27-34(41)44-16-45-35(27)48/h2-3,5-6,8-11,16-17,24,28,31,37,39,50H,4,7,12-15,40H2,1H3,(H,42,49)(H,43,52)(H,53,54)(H,55,56)(H2,41,44,45)(H2,57,58,74)(H,59,60,61)(H,62,63,64)/t24-,28-,31-,37-/m1/s1. The van der Waals surface area contributed by atoms with Crippen LogP contribution < -0.4 is 27.5 Å². The predicted molar refractivity (Wildman–Crippen MR) is 262 cm³/mol. The molecule has 2 aliphatic heterocycles. The molecule has 1 aliphatic carbocycles. The lowest BCUT2D eigenvalue weighted by molar-refractivity contribution is -0.121. The molecule has 6 atom stereocenters. The van der Waals surface area contributed by atoms with Gasteiger partial charge in [0.25, 0.3) is 26.1 Å². The topological polar surface area (TPSA) is 501 Å². The van der Waals surface area contributed by atoms with E-state index in [0.29, 0.717) is 0 Å². The SMILES string of the molecule is CN(CCCC(=O)NCCNC(=O)O[C@@H]1[C@H](O)[C@@H](COP(=O)(O)OP(=O)(O)OP(O)(O)=S)O[C@H]1n1cnc2c(N)ncnc21)C(=O)c1ccccc1-c1c2ccc(=N)c(S(=O)(=O)O)c-2oc2c(S(=O)(=O)O)c(N)ccc12. The summed E-state index contributed by atoms with van der Waals surface area (Å²) in [6.45, 7) is -6.43. The number of nitrogen functional groups attached to an aromatic ring is 2. The summed E-state index contributed by atoms with van der Waals surface area (Å²) in [6, 6.07) is 10.6. The second-order valence-corrected chi connectivity index (χ2v) is 24.7. The molecule has 0 spiro atoms. The molecular formula is C38H43N10O22P3S3. The molecule has 14 N–H and O–H groups in total. The number of phosphoric ester groups is 1. The fraction of sp³-hybridized carbons (Fsp3) is 0.289. The van der Waals surface area contributed by atoms with Crippen molar-refractivity contribution in [2.24, 2.45) is 0 Å². The number of benzene rings is 3. The van der Waals surface area contributed by atoms with Crippen LogP contribution in [0, 0.1) is 5.41 Å². The third-order valence-corrected chi connectivity index (χ3v) is 17.2. The number of amides is 3. The number of aliphatic hydroxyl groups excluding tert-OH is 1. The van der Waals surface area contributed by atoms with Gasteiger partial charge in [0.2, 0.25) is 5.91 Å². The number of aromatic nitrogens is 4. The molecule has 0 radical (unpaired) electrons. The van der Waals surface area contributed by atoms with Gasteiger partial charge in [0.05, 0.1) is 24.0 Å². The number of aliphatic hydroxyl groups is 1. The zero-order valence-electron chi connectivity index (χ0n) is 38.5. The van der Waals surface area contributed by atoms with Crippen LogP contribution in [0.3, 0.4) is 0 Å². The molecule has 38 heteroatoms. The number of carbonyl (C=O) groups excluding carboxylic acids is 3. The zero-order valence-corrected chi connectivity index (χ0v) is 43.7. The van der Waals surface area contributed by atoms with E-state index in [9.17, 15) is 64.3 Å². The fourth-order valence-corrected chi connectivity index (χ4v) is 13.1. The second kappa shape index (κ2) is 22.2. The van der Waals surface area contributed by atoms with E-state index in [4.69, 9.17) is 40.6 Å². The Balaban J connectivity index is 0.979. The van der Waals surface area contributed by atoms with Gasteiger partial charge in [-0.1, -0.05) is 18.2 Å². The number of nitrogens with one attached hydrogen (secondary N) is 3. The van der Waals surface area contributed by atoms with Gasteiger partial charge in [-0.15, -0.1) is 0 Å². The minimum Gasteiger partial charge on any atom is -0.453 e. The van der Waals surface area contributed by atoms with Gasteiger partial charge < -0.3 is 65.6 Å². The number of anilines is 2. The van der Waals surface area contributed by atoms with Crippen LogP contribution in [-0.4, -0.2) is 145 Å². The molecular weight excluding hydrogens is 1140 g/mol. The van der Waals surface area contributed by atoms with Crippen LogP contribution in [0.1, 0.15) is 29.4 Å². The molecule has 2 aromatic heterocycles. The summed E-state index contributed by atoms with van der Waals surface area (Å²) in [5, 5.41) is 23.6. The molecule has 410 valence electrons. The van der Waals surface area contributed by atoms with Crippen molar-refractivity contribution in [3.8, 4) is 22.5 Å². The van der Waals surface area contributed by atoms with E-state index in [1.807, 2.05) is 0 Å². The van der Waals surface area contributed by atoms with Crippen molar-refractivity contribution in [1.29, 1.82) is 5.41 Å². The molecule has 2 aromatic carbocycles. The number of alkyl carbamates (subject to hydrolysis) is 1. The highest BCUT2D eigenvalue weighted by Crippen LogP contribution is 2.66. The van der Waals surface area contributed by atoms with E-state index < -0.39 is 124 Å². The Kier molecular flexibility index (Phi) is 16.9. The first-order chi connectivity index (χ1) is 35.4. The highest BCUT2D eigenvalue weighted by atomic mass is 32.5. The molecule has 3 amide bonds.